The molecule has 0 aromatic heterocycles. The number of unbranched alkanes of at least 4 members (excludes halogenated alkanes) is 15. The van der Waals surface area contributed by atoms with Crippen LogP contribution < -0.4 is 0 Å². The van der Waals surface area contributed by atoms with Gasteiger partial charge in [-0.25, -0.2) is 0 Å². The average molecular weight is 370 g/mol. The Balaban J connectivity index is 1.66. The van der Waals surface area contributed by atoms with Crippen LogP contribution in [0.1, 0.15) is 116 Å². The zero-order valence-electron chi connectivity index (χ0n) is 17.4. The highest BCUT2D eigenvalue weighted by Gasteiger charge is 2.40. The van der Waals surface area contributed by atoms with Crippen LogP contribution in [0.5, 0.6) is 0 Å². The van der Waals surface area contributed by atoms with Gasteiger partial charge in [0.2, 0.25) is 0 Å². The summed E-state index contributed by atoms with van der Waals surface area (Å²) in [6.07, 6.45) is 22.3. The van der Waals surface area contributed by atoms with Gasteiger partial charge in [0, 0.05) is 13.0 Å². The molecule has 26 heavy (non-hydrogen) atoms. The highest BCUT2D eigenvalue weighted by atomic mass is 16.8. The van der Waals surface area contributed by atoms with Crippen LogP contribution in [-0.2, 0) is 9.47 Å². The second kappa shape index (κ2) is 17.0. The molecular weight excluding hydrogens is 324 g/mol. The Labute approximate surface area is 163 Å². The molecule has 0 aliphatic carbocycles. The molecule has 3 heteroatoms. The number of rotatable bonds is 20. The maximum absolute atomic E-state index is 9.15. The monoisotopic (exact) mass is 369 g/mol. The molecule has 0 aromatic rings. The molecule has 0 spiro atoms. The van der Waals surface area contributed by atoms with E-state index in [4.69, 9.17) is 14.6 Å². The second-order valence-corrected chi connectivity index (χ2v) is 8.11. The summed E-state index contributed by atoms with van der Waals surface area (Å²) in [6, 6.07) is 0. The van der Waals surface area contributed by atoms with Gasteiger partial charge in [0.1, 0.15) is 6.10 Å². The smallest absolute Gasteiger partial charge is 0.184 e. The quantitative estimate of drug-likeness (QED) is 0.195. The normalized spacial score (nSPS) is 20.4. The van der Waals surface area contributed by atoms with Crippen LogP contribution in [0.25, 0.3) is 0 Å². The first-order valence-electron chi connectivity index (χ1n) is 11.5. The van der Waals surface area contributed by atoms with E-state index in [1.165, 1.54) is 96.3 Å². The minimum atomic E-state index is -0.538. The van der Waals surface area contributed by atoms with E-state index in [0.29, 0.717) is 6.42 Å². The highest BCUT2D eigenvalue weighted by molar-refractivity contribution is 4.80. The van der Waals surface area contributed by atoms with Crippen molar-refractivity contribution >= 4 is 0 Å². The molecule has 1 heterocycles. The molecule has 3 nitrogen and oxygen atoms in total. The lowest BCUT2D eigenvalue weighted by atomic mass is 10.0. The van der Waals surface area contributed by atoms with Crippen molar-refractivity contribution in [3.8, 4) is 0 Å². The summed E-state index contributed by atoms with van der Waals surface area (Å²) >= 11 is 0. The molecule has 0 aromatic carbocycles. The molecule has 0 bridgehead atoms. The third-order valence-corrected chi connectivity index (χ3v) is 5.32. The Morgan fingerprint density at radius 3 is 1.62 bits per heavy atom. The predicted molar refractivity (Wildman–Crippen MR) is 110 cm³/mol. The van der Waals surface area contributed by atoms with Crippen molar-refractivity contribution in [1.82, 2.24) is 0 Å². The van der Waals surface area contributed by atoms with Crippen molar-refractivity contribution in [3.63, 3.8) is 0 Å². The van der Waals surface area contributed by atoms with Crippen LogP contribution >= 0.6 is 0 Å². The Morgan fingerprint density at radius 1 is 0.769 bits per heavy atom. The van der Waals surface area contributed by atoms with Crippen molar-refractivity contribution in [2.45, 2.75) is 135 Å². The number of hydrogen-bond acceptors (Lipinski definition) is 3. The standard InChI is InChI=1S/C23H45O3/c1-3-4-5-6-7-8-9-10-11-12-13-14-15-16-17-18-19-25-23-22(26-23)20-21(2)24/h21-24H,2-20H2,1H3. The summed E-state index contributed by atoms with van der Waals surface area (Å²) in [5.41, 5.74) is 0. The molecular formula is C23H45O3. The third kappa shape index (κ3) is 15.0. The lowest BCUT2D eigenvalue weighted by molar-refractivity contribution is 0.0477. The van der Waals surface area contributed by atoms with Crippen molar-refractivity contribution in [2.24, 2.45) is 0 Å². The predicted octanol–water partition coefficient (Wildman–Crippen LogP) is 6.57. The van der Waals surface area contributed by atoms with Gasteiger partial charge in [0.25, 0.3) is 0 Å². The van der Waals surface area contributed by atoms with Crippen molar-refractivity contribution in [1.29, 1.82) is 0 Å². The van der Waals surface area contributed by atoms with Gasteiger partial charge in [0.15, 0.2) is 6.29 Å². The number of ether oxygens (including phenoxy) is 2. The van der Waals surface area contributed by atoms with E-state index in [-0.39, 0.29) is 12.4 Å². The molecule has 1 aliphatic rings. The first kappa shape index (κ1) is 23.9. The summed E-state index contributed by atoms with van der Waals surface area (Å²) in [4.78, 5) is 0. The summed E-state index contributed by atoms with van der Waals surface area (Å²) < 4.78 is 11.0. The minimum Gasteiger partial charge on any atom is -0.393 e. The van der Waals surface area contributed by atoms with Gasteiger partial charge in [0.05, 0.1) is 6.10 Å². The van der Waals surface area contributed by atoms with Crippen molar-refractivity contribution in [2.75, 3.05) is 6.61 Å². The largest absolute Gasteiger partial charge is 0.393 e. The highest BCUT2D eigenvalue weighted by Crippen LogP contribution is 2.27. The fourth-order valence-corrected chi connectivity index (χ4v) is 3.56. The molecule has 3 atom stereocenters. The van der Waals surface area contributed by atoms with E-state index in [0.717, 1.165) is 13.0 Å². The van der Waals surface area contributed by atoms with Crippen LogP contribution in [0.3, 0.4) is 0 Å². The topological polar surface area (TPSA) is 42.0 Å². The fraction of sp³-hybridized carbons (Fsp3) is 0.957. The first-order chi connectivity index (χ1) is 12.7. The van der Waals surface area contributed by atoms with Gasteiger partial charge in [-0.1, -0.05) is 103 Å². The zero-order chi connectivity index (χ0) is 18.9. The molecule has 3 unspecified atom stereocenters. The molecule has 0 saturated carbocycles. The summed E-state index contributed by atoms with van der Waals surface area (Å²) in [7, 11) is 0. The van der Waals surface area contributed by atoms with Gasteiger partial charge in [-0.2, -0.15) is 0 Å². The van der Waals surface area contributed by atoms with Gasteiger partial charge in [-0.05, 0) is 13.3 Å². The number of aliphatic hydroxyl groups excluding tert-OH is 1. The minimum absolute atomic E-state index is 0.0727. The Morgan fingerprint density at radius 2 is 1.19 bits per heavy atom. The molecule has 0 amide bonds. The number of hydrogen-bond donors (Lipinski definition) is 1. The van der Waals surface area contributed by atoms with E-state index in [9.17, 15) is 0 Å². The molecule has 1 radical (unpaired) electrons. The summed E-state index contributed by atoms with van der Waals surface area (Å²) in [5, 5.41) is 9.15. The second-order valence-electron chi connectivity index (χ2n) is 8.11. The van der Waals surface area contributed by atoms with E-state index in [2.05, 4.69) is 13.8 Å². The van der Waals surface area contributed by atoms with Gasteiger partial charge >= 0.3 is 0 Å². The van der Waals surface area contributed by atoms with Crippen molar-refractivity contribution in [3.05, 3.63) is 6.92 Å². The molecule has 1 rings (SSSR count). The Bertz CT molecular complexity index is 293. The lowest BCUT2D eigenvalue weighted by Gasteiger charge is -2.04. The lowest BCUT2D eigenvalue weighted by Crippen LogP contribution is -2.08. The van der Waals surface area contributed by atoms with E-state index >= 15 is 0 Å². The van der Waals surface area contributed by atoms with Crippen LogP contribution in [0.2, 0.25) is 0 Å². The third-order valence-electron chi connectivity index (χ3n) is 5.32. The molecule has 1 N–H and O–H groups in total. The van der Waals surface area contributed by atoms with Gasteiger partial charge < -0.3 is 14.6 Å². The van der Waals surface area contributed by atoms with Crippen LogP contribution in [-0.4, -0.2) is 30.2 Å². The first-order valence-corrected chi connectivity index (χ1v) is 11.5. The van der Waals surface area contributed by atoms with Gasteiger partial charge in [-0.3, -0.25) is 0 Å². The van der Waals surface area contributed by atoms with E-state index < -0.39 is 6.10 Å². The SMILES string of the molecule is [CH2]C(O)CC1OC1OCCCCCCCCCCCCCCCCCC. The van der Waals surface area contributed by atoms with Crippen LogP contribution in [0.4, 0.5) is 0 Å². The molecule has 155 valence electrons. The van der Waals surface area contributed by atoms with E-state index in [1.807, 2.05) is 0 Å². The zero-order valence-corrected chi connectivity index (χ0v) is 17.4. The van der Waals surface area contributed by atoms with Crippen LogP contribution in [0, 0.1) is 6.92 Å². The number of aliphatic hydroxyl groups is 1. The molecule has 1 aliphatic heterocycles. The number of epoxide rings is 1. The molecule has 1 fully saturated rings. The van der Waals surface area contributed by atoms with E-state index in [1.54, 1.807) is 0 Å². The Kier molecular flexibility index (Phi) is 15.6. The van der Waals surface area contributed by atoms with Crippen LogP contribution in [0.15, 0.2) is 0 Å². The summed E-state index contributed by atoms with van der Waals surface area (Å²) in [6.45, 7) is 6.62. The van der Waals surface area contributed by atoms with Crippen molar-refractivity contribution < 1.29 is 14.6 Å². The Hall–Kier alpha value is -0.120. The maximum Gasteiger partial charge on any atom is 0.184 e. The summed E-state index contributed by atoms with van der Waals surface area (Å²) in [5.74, 6) is 0. The maximum atomic E-state index is 9.15. The molecule has 1 saturated heterocycles. The fourth-order valence-electron chi connectivity index (χ4n) is 3.56. The average Bonchev–Trinajstić information content (AvgIpc) is 3.34. The van der Waals surface area contributed by atoms with Gasteiger partial charge in [-0.15, -0.1) is 0 Å².